The number of fused-ring (bicyclic) bond motifs is 3. The second-order valence-corrected chi connectivity index (χ2v) is 15.5. The van der Waals surface area contributed by atoms with Crippen molar-refractivity contribution in [3.05, 3.63) is 83.4 Å². The zero-order valence-corrected chi connectivity index (χ0v) is 27.4. The number of aliphatic hydroxyl groups excluding tert-OH is 1. The molecular weight excluding hydrogens is 596 g/mol. The van der Waals surface area contributed by atoms with Crippen molar-refractivity contribution in [2.24, 2.45) is 11.3 Å². The number of ether oxygens (including phenoxy) is 1. The van der Waals surface area contributed by atoms with Crippen molar-refractivity contribution in [1.29, 1.82) is 0 Å². The average molecular weight is 641 g/mol. The fraction of sp³-hybridized carbons (Fsp3) is 0.514. The highest BCUT2D eigenvalue weighted by Gasteiger charge is 2.49. The Morgan fingerprint density at radius 2 is 2.05 bits per heavy atom. The van der Waals surface area contributed by atoms with E-state index in [1.54, 1.807) is 37.3 Å². The molecule has 1 aliphatic heterocycles. The molecule has 3 aliphatic rings. The first-order chi connectivity index (χ1) is 21.0. The number of halogens is 1. The van der Waals surface area contributed by atoms with Gasteiger partial charge in [0.1, 0.15) is 5.75 Å². The zero-order valence-electron chi connectivity index (χ0n) is 25.9. The van der Waals surface area contributed by atoms with E-state index >= 15 is 0 Å². The fourth-order valence-corrected chi connectivity index (χ4v) is 9.06. The number of rotatable bonds is 11. The van der Waals surface area contributed by atoms with E-state index in [0.717, 1.165) is 42.8 Å². The number of carbonyl (C=O) groups excluding carboxylic acids is 1. The molecule has 238 valence electrons. The molecule has 2 N–H and O–H groups in total. The fourth-order valence-electron chi connectivity index (χ4n) is 7.44. The standard InChI is InChI=1S/C35H45ClN2O5S/c1-5-8-11-28(6-2)44(41,42)37-33(40)25-12-15-31-30(20-25)38(21-26-16-18-34(26,4)32(39)7-3)22-35(23-43-31)17-9-10-24-19-27(36)13-14-29(24)35/h5,7,12-15,19-20,26,28,32,39H,1,3,6,8-11,16-18,21-23H2,2,4H3,(H,37,40)/t26-,28?,32?,34+,35-/m0/s1. The van der Waals surface area contributed by atoms with Crippen molar-refractivity contribution in [2.45, 2.75) is 82.0 Å². The molecule has 1 fully saturated rings. The van der Waals surface area contributed by atoms with E-state index in [2.05, 4.69) is 41.8 Å². The third kappa shape index (κ3) is 6.18. The molecule has 1 spiro atoms. The maximum absolute atomic E-state index is 13.4. The molecule has 0 aromatic heterocycles. The molecule has 1 amide bonds. The minimum Gasteiger partial charge on any atom is -0.490 e. The van der Waals surface area contributed by atoms with Crippen LogP contribution in [0.4, 0.5) is 5.69 Å². The summed E-state index contributed by atoms with van der Waals surface area (Å²) < 4.78 is 35.1. The van der Waals surface area contributed by atoms with Gasteiger partial charge in [-0.2, -0.15) is 0 Å². The lowest BCUT2D eigenvalue weighted by Crippen LogP contribution is -2.53. The van der Waals surface area contributed by atoms with Crippen LogP contribution in [0.2, 0.25) is 5.02 Å². The first-order valence-electron chi connectivity index (χ1n) is 15.7. The number of aliphatic hydroxyl groups is 1. The third-order valence-electron chi connectivity index (χ3n) is 10.4. The van der Waals surface area contributed by atoms with Gasteiger partial charge in [-0.1, -0.05) is 43.7 Å². The molecular formula is C35H45ClN2O5S. The van der Waals surface area contributed by atoms with Crippen molar-refractivity contribution >= 4 is 33.2 Å². The number of nitrogens with one attached hydrogen (secondary N) is 1. The minimum atomic E-state index is -3.88. The van der Waals surface area contributed by atoms with Crippen LogP contribution in [0.5, 0.6) is 5.75 Å². The maximum Gasteiger partial charge on any atom is 0.264 e. The van der Waals surface area contributed by atoms with Crippen LogP contribution in [0.1, 0.15) is 80.3 Å². The minimum absolute atomic E-state index is 0.194. The van der Waals surface area contributed by atoms with Gasteiger partial charge in [0.2, 0.25) is 10.0 Å². The van der Waals surface area contributed by atoms with Crippen LogP contribution >= 0.6 is 11.6 Å². The SMILES string of the molecule is C=CCCC(CC)S(=O)(=O)NC(=O)c1ccc2c(c1)N(C[C@@H]1CC[C@@]1(C)C(O)C=C)C[C@@]1(CCCc3cc(Cl)ccc31)CO2. The van der Waals surface area contributed by atoms with Crippen molar-refractivity contribution in [1.82, 2.24) is 4.72 Å². The Balaban J connectivity index is 1.51. The molecule has 5 rings (SSSR count). The highest BCUT2D eigenvalue weighted by Crippen LogP contribution is 2.52. The molecule has 2 aliphatic carbocycles. The maximum atomic E-state index is 13.4. The van der Waals surface area contributed by atoms with Gasteiger partial charge in [0.05, 0.1) is 23.6 Å². The topological polar surface area (TPSA) is 95.9 Å². The lowest BCUT2D eigenvalue weighted by molar-refractivity contribution is -0.0466. The number of amides is 1. The Bertz CT molecular complexity index is 1530. The summed E-state index contributed by atoms with van der Waals surface area (Å²) in [6.07, 6.45) is 8.82. The Kier molecular flexibility index (Phi) is 9.55. The van der Waals surface area contributed by atoms with Crippen molar-refractivity contribution < 1.29 is 23.1 Å². The molecule has 44 heavy (non-hydrogen) atoms. The van der Waals surface area contributed by atoms with E-state index in [4.69, 9.17) is 16.3 Å². The Morgan fingerprint density at radius 3 is 2.73 bits per heavy atom. The number of aryl methyl sites for hydroxylation is 1. The summed E-state index contributed by atoms with van der Waals surface area (Å²) in [5.41, 5.74) is 2.90. The van der Waals surface area contributed by atoms with Crippen LogP contribution in [0.25, 0.3) is 0 Å². The number of benzene rings is 2. The van der Waals surface area contributed by atoms with Gasteiger partial charge in [-0.05, 0) is 98.7 Å². The molecule has 2 aromatic carbocycles. The van der Waals surface area contributed by atoms with Crippen LogP contribution in [0.3, 0.4) is 0 Å². The smallest absolute Gasteiger partial charge is 0.264 e. The second-order valence-electron chi connectivity index (χ2n) is 13.1. The van der Waals surface area contributed by atoms with Crippen LogP contribution in [0, 0.1) is 11.3 Å². The molecule has 1 heterocycles. The lowest BCUT2D eigenvalue weighted by Gasteiger charge is -2.52. The number of anilines is 1. The van der Waals surface area contributed by atoms with Crippen LogP contribution in [0.15, 0.2) is 61.7 Å². The van der Waals surface area contributed by atoms with Crippen molar-refractivity contribution in [3.8, 4) is 5.75 Å². The quantitative estimate of drug-likeness (QED) is 0.269. The zero-order chi connectivity index (χ0) is 31.7. The van der Waals surface area contributed by atoms with Crippen LogP contribution in [-0.4, -0.2) is 50.5 Å². The van der Waals surface area contributed by atoms with Gasteiger partial charge in [-0.25, -0.2) is 13.1 Å². The summed E-state index contributed by atoms with van der Waals surface area (Å²) in [7, 11) is -3.88. The predicted molar refractivity (Wildman–Crippen MR) is 177 cm³/mol. The lowest BCUT2D eigenvalue weighted by atomic mass is 9.58. The van der Waals surface area contributed by atoms with E-state index < -0.39 is 27.3 Å². The van der Waals surface area contributed by atoms with Crippen LogP contribution < -0.4 is 14.4 Å². The van der Waals surface area contributed by atoms with E-state index in [1.165, 1.54) is 11.1 Å². The molecule has 1 saturated carbocycles. The molecule has 0 radical (unpaired) electrons. The first kappa shape index (κ1) is 32.6. The monoisotopic (exact) mass is 640 g/mol. The molecule has 2 unspecified atom stereocenters. The van der Waals surface area contributed by atoms with E-state index in [1.807, 2.05) is 6.07 Å². The molecule has 0 saturated heterocycles. The molecule has 5 atom stereocenters. The van der Waals surface area contributed by atoms with E-state index in [0.29, 0.717) is 44.7 Å². The van der Waals surface area contributed by atoms with E-state index in [-0.39, 0.29) is 22.3 Å². The summed E-state index contributed by atoms with van der Waals surface area (Å²) in [5, 5.41) is 10.9. The third-order valence-corrected chi connectivity index (χ3v) is 12.6. The van der Waals surface area contributed by atoms with E-state index in [9.17, 15) is 18.3 Å². The normalized spacial score (nSPS) is 25.8. The molecule has 7 nitrogen and oxygen atoms in total. The summed E-state index contributed by atoms with van der Waals surface area (Å²) in [4.78, 5) is 15.7. The van der Waals surface area contributed by atoms with Crippen molar-refractivity contribution in [3.63, 3.8) is 0 Å². The number of allylic oxidation sites excluding steroid dienone is 1. The van der Waals surface area contributed by atoms with Gasteiger partial charge in [0.15, 0.2) is 0 Å². The Hall–Kier alpha value is -2.81. The molecule has 0 bridgehead atoms. The first-order valence-corrected chi connectivity index (χ1v) is 17.7. The van der Waals surface area contributed by atoms with Gasteiger partial charge in [-0.3, -0.25) is 4.79 Å². The summed E-state index contributed by atoms with van der Waals surface area (Å²) in [5.74, 6) is 0.196. The summed E-state index contributed by atoms with van der Waals surface area (Å²) in [6.45, 7) is 13.2. The summed E-state index contributed by atoms with van der Waals surface area (Å²) in [6, 6.07) is 11.3. The van der Waals surface area contributed by atoms with Gasteiger partial charge < -0.3 is 14.7 Å². The Morgan fingerprint density at radius 1 is 1.25 bits per heavy atom. The van der Waals surface area contributed by atoms with Gasteiger partial charge in [0, 0.05) is 34.5 Å². The van der Waals surface area contributed by atoms with Crippen LogP contribution in [-0.2, 0) is 21.9 Å². The Labute approximate surface area is 267 Å². The largest absolute Gasteiger partial charge is 0.490 e. The number of nitrogens with zero attached hydrogens (tertiary/aromatic N) is 1. The highest BCUT2D eigenvalue weighted by atomic mass is 35.5. The number of carbonyl (C=O) groups is 1. The van der Waals surface area contributed by atoms with Crippen molar-refractivity contribution in [2.75, 3.05) is 24.6 Å². The van der Waals surface area contributed by atoms with Gasteiger partial charge in [0.25, 0.3) is 5.91 Å². The van der Waals surface area contributed by atoms with Gasteiger partial charge in [-0.15, -0.1) is 13.2 Å². The summed E-state index contributed by atoms with van der Waals surface area (Å²) >= 11 is 6.40. The molecule has 9 heteroatoms. The number of sulfonamides is 1. The second kappa shape index (κ2) is 12.9. The predicted octanol–water partition coefficient (Wildman–Crippen LogP) is 6.58. The number of hydrogen-bond donors (Lipinski definition) is 2. The highest BCUT2D eigenvalue weighted by molar-refractivity contribution is 7.90. The van der Waals surface area contributed by atoms with Gasteiger partial charge >= 0.3 is 0 Å². The number of hydrogen-bond acceptors (Lipinski definition) is 6. The molecule has 2 aromatic rings. The average Bonchev–Trinajstić information content (AvgIpc) is 3.15.